The smallest absolute Gasteiger partial charge is 0.240 e. The van der Waals surface area contributed by atoms with Crippen molar-refractivity contribution in [2.45, 2.75) is 50.2 Å². The van der Waals surface area contributed by atoms with Gasteiger partial charge in [0.25, 0.3) is 0 Å². The zero-order chi connectivity index (χ0) is 18.2. The van der Waals surface area contributed by atoms with Crippen LogP contribution in [0, 0.1) is 0 Å². The fourth-order valence-electron chi connectivity index (χ4n) is 5.21. The zero-order valence-corrected chi connectivity index (χ0v) is 15.8. The van der Waals surface area contributed by atoms with Gasteiger partial charge in [-0.2, -0.15) is 0 Å². The zero-order valence-electron chi connectivity index (χ0n) is 15.8. The minimum atomic E-state index is 0.000657. The Morgan fingerprint density at radius 3 is 2.63 bits per heavy atom. The lowest BCUT2D eigenvalue weighted by Gasteiger charge is -2.34. The van der Waals surface area contributed by atoms with Gasteiger partial charge >= 0.3 is 0 Å². The number of fused-ring (bicyclic) bond motifs is 1. The van der Waals surface area contributed by atoms with E-state index in [1.807, 2.05) is 12.1 Å². The molecule has 1 aromatic carbocycles. The Bertz CT molecular complexity index is 703. The van der Waals surface area contributed by atoms with Crippen molar-refractivity contribution in [2.24, 2.45) is 0 Å². The molecule has 0 saturated carbocycles. The van der Waals surface area contributed by atoms with Crippen LogP contribution in [0.3, 0.4) is 0 Å². The highest BCUT2D eigenvalue weighted by atomic mass is 16.6. The third kappa shape index (κ3) is 3.09. The first-order valence-corrected chi connectivity index (χ1v) is 10.4. The van der Waals surface area contributed by atoms with Crippen molar-refractivity contribution in [3.63, 3.8) is 0 Å². The van der Waals surface area contributed by atoms with Gasteiger partial charge in [0.05, 0.1) is 6.04 Å². The van der Waals surface area contributed by atoms with Crippen LogP contribution in [0.25, 0.3) is 0 Å². The number of para-hydroxylation sites is 1. The molecular weight excluding hydrogens is 344 g/mol. The number of ether oxygens (including phenoxy) is 3. The van der Waals surface area contributed by atoms with Gasteiger partial charge < -0.3 is 19.1 Å². The Kier molecular flexibility index (Phi) is 4.70. The molecule has 4 heterocycles. The third-order valence-electron chi connectivity index (χ3n) is 6.49. The number of likely N-dealkylation sites (tertiary alicyclic amines) is 2. The number of amides is 1. The Labute approximate surface area is 160 Å². The molecule has 3 fully saturated rings. The van der Waals surface area contributed by atoms with E-state index in [0.29, 0.717) is 25.2 Å². The molecule has 1 amide bonds. The number of benzene rings is 1. The summed E-state index contributed by atoms with van der Waals surface area (Å²) >= 11 is 0. The molecule has 6 nitrogen and oxygen atoms in total. The first-order valence-electron chi connectivity index (χ1n) is 10.4. The first kappa shape index (κ1) is 17.3. The number of hydrogen-bond donors (Lipinski definition) is 0. The monoisotopic (exact) mass is 372 g/mol. The van der Waals surface area contributed by atoms with Gasteiger partial charge in [-0.25, -0.2) is 0 Å². The molecule has 2 atom stereocenters. The van der Waals surface area contributed by atoms with Crippen molar-refractivity contribution in [3.8, 4) is 11.5 Å². The topological polar surface area (TPSA) is 51.2 Å². The predicted molar refractivity (Wildman–Crippen MR) is 100 cm³/mol. The van der Waals surface area contributed by atoms with Crippen LogP contribution in [0.1, 0.15) is 43.7 Å². The molecular formula is C21H28N2O4. The van der Waals surface area contributed by atoms with Crippen LogP contribution in [0.5, 0.6) is 11.5 Å². The lowest BCUT2D eigenvalue weighted by molar-refractivity contribution is -0.136. The number of nitrogens with zero attached hydrogens (tertiary/aromatic N) is 2. The van der Waals surface area contributed by atoms with Crippen molar-refractivity contribution >= 4 is 5.91 Å². The molecule has 0 spiro atoms. The summed E-state index contributed by atoms with van der Waals surface area (Å²) < 4.78 is 17.2. The number of rotatable bonds is 3. The summed E-state index contributed by atoms with van der Waals surface area (Å²) in [6.07, 6.45) is 5.06. The van der Waals surface area contributed by atoms with Gasteiger partial charge in [-0.15, -0.1) is 0 Å². The van der Waals surface area contributed by atoms with E-state index in [0.717, 1.165) is 69.9 Å². The van der Waals surface area contributed by atoms with Gasteiger partial charge in [0.1, 0.15) is 13.2 Å². The number of hydrogen-bond acceptors (Lipinski definition) is 5. The van der Waals surface area contributed by atoms with Crippen LogP contribution in [-0.4, -0.2) is 67.3 Å². The molecule has 27 heavy (non-hydrogen) atoms. The fraction of sp³-hybridized carbons (Fsp3) is 0.667. The molecule has 0 N–H and O–H groups in total. The maximum Gasteiger partial charge on any atom is 0.240 e. The molecule has 2 unspecified atom stereocenters. The molecule has 6 heteroatoms. The lowest BCUT2D eigenvalue weighted by atomic mass is 10.0. The third-order valence-corrected chi connectivity index (χ3v) is 6.49. The molecule has 0 bridgehead atoms. The molecule has 0 aliphatic carbocycles. The van der Waals surface area contributed by atoms with E-state index in [-0.39, 0.29) is 12.1 Å². The van der Waals surface area contributed by atoms with Crippen molar-refractivity contribution < 1.29 is 19.0 Å². The van der Waals surface area contributed by atoms with Crippen molar-refractivity contribution in [1.29, 1.82) is 0 Å². The summed E-state index contributed by atoms with van der Waals surface area (Å²) in [5.74, 6) is 2.04. The second kappa shape index (κ2) is 7.32. The lowest BCUT2D eigenvalue weighted by Crippen LogP contribution is -2.46. The van der Waals surface area contributed by atoms with Gasteiger partial charge in [0.2, 0.25) is 5.91 Å². The fourth-order valence-corrected chi connectivity index (χ4v) is 5.21. The average molecular weight is 372 g/mol. The Balaban J connectivity index is 1.37. The first-order chi connectivity index (χ1) is 13.3. The molecule has 4 aliphatic rings. The maximum absolute atomic E-state index is 13.2. The number of carbonyl (C=O) groups excluding carboxylic acids is 1. The van der Waals surface area contributed by atoms with E-state index in [9.17, 15) is 4.79 Å². The molecule has 4 aliphatic heterocycles. The second-order valence-electron chi connectivity index (χ2n) is 7.95. The molecule has 0 aromatic heterocycles. The Morgan fingerprint density at radius 1 is 0.889 bits per heavy atom. The second-order valence-corrected chi connectivity index (χ2v) is 7.95. The summed E-state index contributed by atoms with van der Waals surface area (Å²) in [4.78, 5) is 17.8. The van der Waals surface area contributed by atoms with Crippen LogP contribution in [0.4, 0.5) is 0 Å². The molecule has 3 saturated heterocycles. The quantitative estimate of drug-likeness (QED) is 0.815. The van der Waals surface area contributed by atoms with Crippen molar-refractivity contribution in [1.82, 2.24) is 9.80 Å². The van der Waals surface area contributed by atoms with Crippen molar-refractivity contribution in [3.05, 3.63) is 23.8 Å². The average Bonchev–Trinajstić information content (AvgIpc) is 3.34. The molecule has 5 rings (SSSR count). The summed E-state index contributed by atoms with van der Waals surface area (Å²) in [7, 11) is 0. The standard InChI is InChI=1S/C21H28N2O4/c24-21-18(6-10-22(21)15-7-11-25-12-8-15)23-9-2-4-17(23)16-3-1-5-19-20(16)27-14-13-26-19/h1,3,5,15,17-18H,2,4,6-14H2. The van der Waals surface area contributed by atoms with E-state index in [1.54, 1.807) is 0 Å². The Hall–Kier alpha value is -1.79. The summed E-state index contributed by atoms with van der Waals surface area (Å²) in [6, 6.07) is 6.77. The minimum absolute atomic E-state index is 0.000657. The van der Waals surface area contributed by atoms with Gasteiger partial charge in [0, 0.05) is 37.4 Å². The van der Waals surface area contributed by atoms with Crippen LogP contribution in [-0.2, 0) is 9.53 Å². The van der Waals surface area contributed by atoms with E-state index >= 15 is 0 Å². The molecule has 0 radical (unpaired) electrons. The maximum atomic E-state index is 13.2. The minimum Gasteiger partial charge on any atom is -0.486 e. The predicted octanol–water partition coefficient (Wildman–Crippen LogP) is 2.37. The van der Waals surface area contributed by atoms with E-state index < -0.39 is 0 Å². The normalized spacial score (nSPS) is 29.5. The van der Waals surface area contributed by atoms with Crippen LogP contribution < -0.4 is 9.47 Å². The highest BCUT2D eigenvalue weighted by Crippen LogP contribution is 2.44. The van der Waals surface area contributed by atoms with Crippen LogP contribution in [0.2, 0.25) is 0 Å². The van der Waals surface area contributed by atoms with Gasteiger partial charge in [-0.3, -0.25) is 9.69 Å². The summed E-state index contributed by atoms with van der Waals surface area (Å²) in [6.45, 7) is 4.61. The van der Waals surface area contributed by atoms with Gasteiger partial charge in [-0.1, -0.05) is 12.1 Å². The van der Waals surface area contributed by atoms with E-state index in [1.165, 1.54) is 5.56 Å². The van der Waals surface area contributed by atoms with E-state index in [4.69, 9.17) is 14.2 Å². The highest BCUT2D eigenvalue weighted by Gasteiger charge is 2.44. The molecule has 1 aromatic rings. The van der Waals surface area contributed by atoms with Crippen molar-refractivity contribution in [2.75, 3.05) is 39.5 Å². The van der Waals surface area contributed by atoms with E-state index in [2.05, 4.69) is 15.9 Å². The summed E-state index contributed by atoms with van der Waals surface area (Å²) in [5.41, 5.74) is 1.18. The number of carbonyl (C=O) groups is 1. The Morgan fingerprint density at radius 2 is 1.74 bits per heavy atom. The largest absolute Gasteiger partial charge is 0.486 e. The van der Waals surface area contributed by atoms with Gasteiger partial charge in [0.15, 0.2) is 11.5 Å². The van der Waals surface area contributed by atoms with Gasteiger partial charge in [-0.05, 0) is 44.7 Å². The highest BCUT2D eigenvalue weighted by molar-refractivity contribution is 5.84. The van der Waals surface area contributed by atoms with Crippen LogP contribution in [0.15, 0.2) is 18.2 Å². The molecule has 146 valence electrons. The van der Waals surface area contributed by atoms with Crippen LogP contribution >= 0.6 is 0 Å². The summed E-state index contributed by atoms with van der Waals surface area (Å²) in [5, 5.41) is 0. The SMILES string of the molecule is O=C1C(N2CCCC2c2cccc3c2OCCO3)CCN1C1CCOCC1.